The number of amides is 4. The van der Waals surface area contributed by atoms with Gasteiger partial charge in [-0.2, -0.15) is 0 Å². The summed E-state index contributed by atoms with van der Waals surface area (Å²) in [7, 11) is 2.74. The summed E-state index contributed by atoms with van der Waals surface area (Å²) in [5, 5.41) is 10.2. The van der Waals surface area contributed by atoms with Gasteiger partial charge in [0.05, 0.1) is 24.6 Å². The Morgan fingerprint density at radius 1 is 0.974 bits per heavy atom. The molecule has 6 rings (SSSR count). The molecule has 2 aromatic carbocycles. The summed E-state index contributed by atoms with van der Waals surface area (Å²) >= 11 is 14.3. The number of aromatic hydroxyl groups is 1. The number of para-hydroxylation sites is 1. The number of likely N-dealkylation sites (tertiary alicyclic amines) is 1. The van der Waals surface area contributed by atoms with E-state index in [2.05, 4.69) is 0 Å². The smallest absolute Gasteiger partial charge is 0.253 e. The molecule has 1 N–H and O–H groups in total. The Labute approximate surface area is 228 Å². The molecule has 6 atom stereocenters. The third kappa shape index (κ3) is 2.98. The number of methoxy groups -OCH3 is 1. The number of phenolic OH excluding ortho intramolecular Hbond substituents is 1. The van der Waals surface area contributed by atoms with Crippen molar-refractivity contribution in [2.45, 2.75) is 28.5 Å². The predicted octanol–water partition coefficient (Wildman–Crippen LogP) is 3.59. The highest BCUT2D eigenvalue weighted by atomic mass is 35.5. The molecule has 2 heterocycles. The van der Waals surface area contributed by atoms with Gasteiger partial charge in [0.1, 0.15) is 0 Å². The molecular weight excluding hydrogens is 531 g/mol. The summed E-state index contributed by atoms with van der Waals surface area (Å²) in [5.74, 6) is -4.82. The second-order valence-corrected chi connectivity index (χ2v) is 11.5. The number of nitrogens with zero attached hydrogens (tertiary/aromatic N) is 2. The first kappa shape index (κ1) is 24.9. The van der Waals surface area contributed by atoms with Crippen molar-refractivity contribution in [2.24, 2.45) is 17.8 Å². The number of alkyl halides is 2. The molecule has 2 aliphatic carbocycles. The molecular formula is C28H24Cl2N2O6. The highest BCUT2D eigenvalue weighted by Gasteiger charge is 2.75. The molecule has 0 spiro atoms. The molecule has 196 valence electrons. The minimum atomic E-state index is -1.89. The van der Waals surface area contributed by atoms with Crippen LogP contribution >= 0.6 is 23.2 Å². The third-order valence-corrected chi connectivity index (χ3v) is 9.98. The SMILES string of the molecule is COc1cc(C2C3=CCC4C(=O)N(c5ccccc5)C(=O)C4C3CC3(Cl)C(=O)N(C)C(=O)C23Cl)ccc1O. The van der Waals surface area contributed by atoms with Crippen LogP contribution in [0.2, 0.25) is 0 Å². The lowest BCUT2D eigenvalue weighted by molar-refractivity contribution is -0.138. The maximum atomic E-state index is 13.9. The number of phenols is 1. The average molecular weight is 555 g/mol. The van der Waals surface area contributed by atoms with Gasteiger partial charge in [0.25, 0.3) is 11.8 Å². The van der Waals surface area contributed by atoms with Gasteiger partial charge >= 0.3 is 0 Å². The van der Waals surface area contributed by atoms with Crippen molar-refractivity contribution in [1.29, 1.82) is 0 Å². The zero-order valence-electron chi connectivity index (χ0n) is 20.6. The Balaban J connectivity index is 1.53. The number of halogens is 2. The third-order valence-electron chi connectivity index (χ3n) is 8.57. The van der Waals surface area contributed by atoms with Crippen LogP contribution in [0.3, 0.4) is 0 Å². The fourth-order valence-electron chi connectivity index (χ4n) is 6.82. The molecule has 10 heteroatoms. The fraction of sp³-hybridized carbons (Fsp3) is 0.357. The minimum absolute atomic E-state index is 0.0761. The maximum Gasteiger partial charge on any atom is 0.253 e. The number of benzene rings is 2. The molecule has 2 aromatic rings. The van der Waals surface area contributed by atoms with Gasteiger partial charge in [-0.3, -0.25) is 29.0 Å². The Kier molecular flexibility index (Phi) is 5.46. The van der Waals surface area contributed by atoms with Crippen LogP contribution in [0.15, 0.2) is 60.2 Å². The van der Waals surface area contributed by atoms with E-state index < -0.39 is 45.2 Å². The van der Waals surface area contributed by atoms with Crippen molar-refractivity contribution in [2.75, 3.05) is 19.1 Å². The Morgan fingerprint density at radius 2 is 1.68 bits per heavy atom. The van der Waals surface area contributed by atoms with Crippen molar-refractivity contribution in [1.82, 2.24) is 4.90 Å². The van der Waals surface area contributed by atoms with Gasteiger partial charge in [0.15, 0.2) is 21.2 Å². The number of hydrogen-bond donors (Lipinski definition) is 1. The number of hydrogen-bond acceptors (Lipinski definition) is 6. The van der Waals surface area contributed by atoms with E-state index in [1.165, 1.54) is 25.1 Å². The molecule has 3 fully saturated rings. The van der Waals surface area contributed by atoms with Gasteiger partial charge < -0.3 is 9.84 Å². The van der Waals surface area contributed by atoms with Crippen LogP contribution in [0.4, 0.5) is 5.69 Å². The van der Waals surface area contributed by atoms with Gasteiger partial charge in [-0.15, -0.1) is 23.2 Å². The zero-order valence-corrected chi connectivity index (χ0v) is 22.1. The van der Waals surface area contributed by atoms with Crippen LogP contribution in [-0.2, 0) is 19.2 Å². The monoisotopic (exact) mass is 554 g/mol. The van der Waals surface area contributed by atoms with Gasteiger partial charge in [-0.25, -0.2) is 0 Å². The summed E-state index contributed by atoms with van der Waals surface area (Å²) in [6.45, 7) is 0. The number of rotatable bonds is 3. The number of ether oxygens (including phenoxy) is 1. The number of imide groups is 2. The van der Waals surface area contributed by atoms with E-state index in [1.54, 1.807) is 42.5 Å². The summed E-state index contributed by atoms with van der Waals surface area (Å²) in [6.07, 6.45) is 2.07. The molecule has 2 aliphatic heterocycles. The highest BCUT2D eigenvalue weighted by molar-refractivity contribution is 6.53. The van der Waals surface area contributed by atoms with Gasteiger partial charge in [-0.05, 0) is 48.6 Å². The topological polar surface area (TPSA) is 104 Å². The van der Waals surface area contributed by atoms with Crippen LogP contribution < -0.4 is 9.64 Å². The largest absolute Gasteiger partial charge is 0.504 e. The summed E-state index contributed by atoms with van der Waals surface area (Å²) < 4.78 is 5.30. The van der Waals surface area contributed by atoms with E-state index in [1.807, 2.05) is 6.08 Å². The second kappa shape index (κ2) is 8.32. The van der Waals surface area contributed by atoms with Crippen LogP contribution in [0.25, 0.3) is 0 Å². The molecule has 38 heavy (non-hydrogen) atoms. The lowest BCUT2D eigenvalue weighted by Gasteiger charge is -2.50. The van der Waals surface area contributed by atoms with Gasteiger partial charge in [0.2, 0.25) is 11.8 Å². The van der Waals surface area contributed by atoms with E-state index in [4.69, 9.17) is 27.9 Å². The highest BCUT2D eigenvalue weighted by Crippen LogP contribution is 2.65. The molecule has 4 aliphatic rings. The van der Waals surface area contributed by atoms with Crippen LogP contribution in [0.1, 0.15) is 24.3 Å². The van der Waals surface area contributed by atoms with E-state index in [0.717, 1.165) is 4.90 Å². The molecule has 8 nitrogen and oxygen atoms in total. The predicted molar refractivity (Wildman–Crippen MR) is 139 cm³/mol. The lowest BCUT2D eigenvalue weighted by Crippen LogP contribution is -2.60. The van der Waals surface area contributed by atoms with E-state index in [-0.39, 0.29) is 36.2 Å². The Hall–Kier alpha value is -3.36. The molecule has 0 aromatic heterocycles. The standard InChI is InChI=1S/C28H24Cl2N2O6/c1-31-25(36)27(29)13-18-16(22(28(27,30)26(31)37)14-8-11-19(33)20(12-14)38-2)9-10-17-21(18)24(35)32(23(17)34)15-6-4-3-5-7-15/h3-9,11-12,17-18,21-22,33H,10,13H2,1-2H3. The summed E-state index contributed by atoms with van der Waals surface area (Å²) in [5.41, 5.74) is 1.66. The number of allylic oxidation sites excluding steroid dienone is 2. The molecule has 6 unspecified atom stereocenters. The molecule has 4 amide bonds. The molecule has 1 saturated carbocycles. The molecule has 0 radical (unpaired) electrons. The van der Waals surface area contributed by atoms with Crippen LogP contribution in [-0.4, -0.2) is 57.5 Å². The summed E-state index contributed by atoms with van der Waals surface area (Å²) in [4.78, 5) is 52.8. The van der Waals surface area contributed by atoms with Crippen molar-refractivity contribution in [3.63, 3.8) is 0 Å². The Morgan fingerprint density at radius 3 is 2.37 bits per heavy atom. The number of carbonyl (C=O) groups is 4. The molecule has 2 saturated heterocycles. The number of carbonyl (C=O) groups excluding carboxylic acids is 4. The summed E-state index contributed by atoms with van der Waals surface area (Å²) in [6, 6.07) is 13.3. The quantitative estimate of drug-likeness (QED) is 0.353. The van der Waals surface area contributed by atoms with E-state index in [0.29, 0.717) is 16.8 Å². The Bertz CT molecular complexity index is 1440. The van der Waals surface area contributed by atoms with Crippen molar-refractivity contribution >= 4 is 52.5 Å². The first-order valence-corrected chi connectivity index (χ1v) is 13.0. The van der Waals surface area contributed by atoms with Gasteiger partial charge in [-0.1, -0.05) is 35.9 Å². The fourth-order valence-corrected chi connectivity index (χ4v) is 7.84. The van der Waals surface area contributed by atoms with Crippen molar-refractivity contribution in [3.05, 3.63) is 65.7 Å². The first-order valence-electron chi connectivity index (χ1n) is 12.3. The van der Waals surface area contributed by atoms with Crippen LogP contribution in [0, 0.1) is 17.8 Å². The minimum Gasteiger partial charge on any atom is -0.504 e. The van der Waals surface area contributed by atoms with E-state index in [9.17, 15) is 24.3 Å². The van der Waals surface area contributed by atoms with Crippen molar-refractivity contribution < 1.29 is 29.0 Å². The second-order valence-electron chi connectivity index (χ2n) is 10.3. The zero-order chi connectivity index (χ0) is 27.1. The van der Waals surface area contributed by atoms with Crippen LogP contribution in [0.5, 0.6) is 11.5 Å². The molecule has 0 bridgehead atoms. The van der Waals surface area contributed by atoms with Crippen molar-refractivity contribution in [3.8, 4) is 11.5 Å². The number of fused-ring (bicyclic) bond motifs is 4. The number of anilines is 1. The lowest BCUT2D eigenvalue weighted by atomic mass is 9.56. The maximum absolute atomic E-state index is 13.9. The van der Waals surface area contributed by atoms with Gasteiger partial charge in [0, 0.05) is 13.0 Å². The average Bonchev–Trinajstić information content (AvgIpc) is 3.24. The van der Waals surface area contributed by atoms with E-state index >= 15 is 0 Å². The normalized spacial score (nSPS) is 34.2. The first-order chi connectivity index (χ1) is 18.1.